The van der Waals surface area contributed by atoms with Gasteiger partial charge < -0.3 is 5.32 Å². The van der Waals surface area contributed by atoms with Gasteiger partial charge in [0.15, 0.2) is 0 Å². The molecule has 6 heteroatoms. The van der Waals surface area contributed by atoms with Gasteiger partial charge in [-0.25, -0.2) is 0 Å². The van der Waals surface area contributed by atoms with Gasteiger partial charge in [-0.1, -0.05) is 48.7 Å². The second-order valence-corrected chi connectivity index (χ2v) is 5.52. The standard InChI is InChI=1S/C14H20Cl2N2.2ClH/c1-2-4-13(18-9-7-17-8-10-18)11-5-3-6-12(15)14(11)16;;/h3,5-6,13,17H,2,4,7-10H2,1H3;2*1H/t13-;;/m0../s1. The summed E-state index contributed by atoms with van der Waals surface area (Å²) in [6.45, 7) is 6.48. The van der Waals surface area contributed by atoms with Crippen molar-refractivity contribution >= 4 is 48.0 Å². The molecule has 1 atom stereocenters. The van der Waals surface area contributed by atoms with Gasteiger partial charge in [0.2, 0.25) is 0 Å². The minimum atomic E-state index is 0. The van der Waals surface area contributed by atoms with Crippen LogP contribution in [0.4, 0.5) is 0 Å². The Kier molecular flexibility index (Phi) is 10.2. The fourth-order valence-corrected chi connectivity index (χ4v) is 3.01. The topological polar surface area (TPSA) is 15.3 Å². The molecule has 20 heavy (non-hydrogen) atoms. The van der Waals surface area contributed by atoms with Crippen LogP contribution in [0, 0.1) is 0 Å². The Morgan fingerprint density at radius 1 is 1.20 bits per heavy atom. The van der Waals surface area contributed by atoms with Crippen molar-refractivity contribution in [2.45, 2.75) is 25.8 Å². The molecule has 1 aromatic rings. The molecular formula is C14H22Cl4N2. The van der Waals surface area contributed by atoms with Crippen LogP contribution < -0.4 is 5.32 Å². The van der Waals surface area contributed by atoms with Crippen LogP contribution in [0.2, 0.25) is 10.0 Å². The SMILES string of the molecule is CCC[C@@H](c1cccc(Cl)c1Cl)N1CCNCC1.Cl.Cl. The van der Waals surface area contributed by atoms with Crippen LogP contribution in [-0.4, -0.2) is 31.1 Å². The predicted molar refractivity (Wildman–Crippen MR) is 93.0 cm³/mol. The largest absolute Gasteiger partial charge is 0.314 e. The van der Waals surface area contributed by atoms with E-state index in [1.165, 1.54) is 5.56 Å². The van der Waals surface area contributed by atoms with E-state index in [0.717, 1.165) is 44.0 Å². The number of halogens is 4. The molecule has 116 valence electrons. The van der Waals surface area contributed by atoms with Crippen LogP contribution in [0.5, 0.6) is 0 Å². The minimum absolute atomic E-state index is 0. The molecule has 1 heterocycles. The Labute approximate surface area is 144 Å². The molecule has 0 aromatic heterocycles. The summed E-state index contributed by atoms with van der Waals surface area (Å²) in [4.78, 5) is 2.51. The molecule has 1 N–H and O–H groups in total. The van der Waals surface area contributed by atoms with E-state index in [2.05, 4.69) is 23.2 Å². The zero-order chi connectivity index (χ0) is 13.0. The minimum Gasteiger partial charge on any atom is -0.314 e. The van der Waals surface area contributed by atoms with Crippen molar-refractivity contribution in [1.29, 1.82) is 0 Å². The fourth-order valence-electron chi connectivity index (χ4n) is 2.58. The summed E-state index contributed by atoms with van der Waals surface area (Å²) in [7, 11) is 0. The Morgan fingerprint density at radius 2 is 1.85 bits per heavy atom. The van der Waals surface area contributed by atoms with E-state index < -0.39 is 0 Å². The lowest BCUT2D eigenvalue weighted by Crippen LogP contribution is -2.45. The third-order valence-corrected chi connectivity index (χ3v) is 4.33. The average Bonchev–Trinajstić information content (AvgIpc) is 2.41. The van der Waals surface area contributed by atoms with E-state index in [0.29, 0.717) is 11.1 Å². The summed E-state index contributed by atoms with van der Waals surface area (Å²) < 4.78 is 0. The average molecular weight is 360 g/mol. The van der Waals surface area contributed by atoms with Gasteiger partial charge in [0.1, 0.15) is 0 Å². The van der Waals surface area contributed by atoms with Crippen molar-refractivity contribution in [1.82, 2.24) is 10.2 Å². The maximum absolute atomic E-state index is 6.37. The molecule has 1 aliphatic heterocycles. The number of benzene rings is 1. The third-order valence-electron chi connectivity index (χ3n) is 3.49. The van der Waals surface area contributed by atoms with E-state index in [9.17, 15) is 0 Å². The van der Waals surface area contributed by atoms with E-state index >= 15 is 0 Å². The van der Waals surface area contributed by atoms with Gasteiger partial charge >= 0.3 is 0 Å². The van der Waals surface area contributed by atoms with Crippen LogP contribution >= 0.6 is 48.0 Å². The van der Waals surface area contributed by atoms with Crippen molar-refractivity contribution < 1.29 is 0 Å². The summed E-state index contributed by atoms with van der Waals surface area (Å²) in [6.07, 6.45) is 2.28. The third kappa shape index (κ3) is 4.94. The highest BCUT2D eigenvalue weighted by atomic mass is 35.5. The fraction of sp³-hybridized carbons (Fsp3) is 0.571. The summed E-state index contributed by atoms with van der Waals surface area (Å²) in [5.74, 6) is 0. The first-order valence-electron chi connectivity index (χ1n) is 6.62. The number of piperazine rings is 1. The first-order chi connectivity index (χ1) is 8.74. The van der Waals surface area contributed by atoms with Gasteiger partial charge in [-0.2, -0.15) is 0 Å². The van der Waals surface area contributed by atoms with Gasteiger partial charge in [-0.15, -0.1) is 24.8 Å². The second kappa shape index (κ2) is 10.1. The Morgan fingerprint density at radius 3 is 2.45 bits per heavy atom. The number of hydrogen-bond donors (Lipinski definition) is 1. The van der Waals surface area contributed by atoms with E-state index in [1.807, 2.05) is 12.1 Å². The zero-order valence-corrected chi connectivity index (χ0v) is 14.7. The molecule has 1 aliphatic rings. The number of nitrogens with one attached hydrogen (secondary N) is 1. The smallest absolute Gasteiger partial charge is 0.0640 e. The molecule has 1 saturated heterocycles. The monoisotopic (exact) mass is 358 g/mol. The van der Waals surface area contributed by atoms with Crippen molar-refractivity contribution in [3.05, 3.63) is 33.8 Å². The Bertz CT molecular complexity index is 395. The molecule has 0 unspecified atom stereocenters. The first kappa shape index (κ1) is 20.3. The van der Waals surface area contributed by atoms with Crippen LogP contribution in [-0.2, 0) is 0 Å². The lowest BCUT2D eigenvalue weighted by molar-refractivity contribution is 0.164. The van der Waals surface area contributed by atoms with Gasteiger partial charge in [-0.05, 0) is 18.1 Å². The highest BCUT2D eigenvalue weighted by Crippen LogP contribution is 2.35. The van der Waals surface area contributed by atoms with E-state index in [4.69, 9.17) is 23.2 Å². The Hall–Kier alpha value is 0.300. The molecule has 0 radical (unpaired) electrons. The van der Waals surface area contributed by atoms with Gasteiger partial charge in [0.05, 0.1) is 10.0 Å². The van der Waals surface area contributed by atoms with Crippen molar-refractivity contribution in [2.75, 3.05) is 26.2 Å². The van der Waals surface area contributed by atoms with Crippen molar-refractivity contribution in [3.63, 3.8) is 0 Å². The molecule has 2 nitrogen and oxygen atoms in total. The quantitative estimate of drug-likeness (QED) is 0.846. The summed E-state index contributed by atoms with van der Waals surface area (Å²) in [5.41, 5.74) is 1.17. The summed E-state index contributed by atoms with van der Waals surface area (Å²) >= 11 is 12.5. The van der Waals surface area contributed by atoms with Crippen LogP contribution in [0.3, 0.4) is 0 Å². The molecule has 0 bridgehead atoms. The summed E-state index contributed by atoms with van der Waals surface area (Å²) in [5, 5.41) is 4.76. The van der Waals surface area contributed by atoms with Crippen LogP contribution in [0.1, 0.15) is 31.4 Å². The van der Waals surface area contributed by atoms with Crippen LogP contribution in [0.25, 0.3) is 0 Å². The summed E-state index contributed by atoms with van der Waals surface area (Å²) in [6, 6.07) is 6.35. The predicted octanol–water partition coefficient (Wildman–Crippen LogP) is 4.58. The van der Waals surface area contributed by atoms with E-state index in [-0.39, 0.29) is 24.8 Å². The molecule has 2 rings (SSSR count). The molecule has 0 aliphatic carbocycles. The number of hydrogen-bond acceptors (Lipinski definition) is 2. The molecule has 0 saturated carbocycles. The molecule has 0 spiro atoms. The maximum Gasteiger partial charge on any atom is 0.0640 e. The van der Waals surface area contributed by atoms with Crippen molar-refractivity contribution in [3.8, 4) is 0 Å². The zero-order valence-electron chi connectivity index (χ0n) is 11.6. The highest BCUT2D eigenvalue weighted by Gasteiger charge is 2.23. The Balaban J connectivity index is 0.00000180. The molecule has 1 fully saturated rings. The lowest BCUT2D eigenvalue weighted by Gasteiger charge is -2.35. The first-order valence-corrected chi connectivity index (χ1v) is 7.38. The van der Waals surface area contributed by atoms with Crippen molar-refractivity contribution in [2.24, 2.45) is 0 Å². The van der Waals surface area contributed by atoms with Gasteiger partial charge in [-0.3, -0.25) is 4.90 Å². The number of rotatable bonds is 4. The molecule has 1 aromatic carbocycles. The molecule has 0 amide bonds. The number of nitrogens with zero attached hydrogens (tertiary/aromatic N) is 1. The van der Waals surface area contributed by atoms with Gasteiger partial charge in [0.25, 0.3) is 0 Å². The van der Waals surface area contributed by atoms with E-state index in [1.54, 1.807) is 0 Å². The second-order valence-electron chi connectivity index (χ2n) is 4.73. The highest BCUT2D eigenvalue weighted by molar-refractivity contribution is 6.42. The maximum atomic E-state index is 6.37. The van der Waals surface area contributed by atoms with Gasteiger partial charge in [0, 0.05) is 32.2 Å². The van der Waals surface area contributed by atoms with Crippen LogP contribution in [0.15, 0.2) is 18.2 Å². The lowest BCUT2D eigenvalue weighted by atomic mass is 10.00. The molecular weight excluding hydrogens is 338 g/mol. The normalized spacial score (nSPS) is 16.9.